The zero-order valence-electron chi connectivity index (χ0n) is 15.0. The third-order valence-corrected chi connectivity index (χ3v) is 5.42. The Labute approximate surface area is 171 Å². The van der Waals surface area contributed by atoms with Gasteiger partial charge in [0.1, 0.15) is 6.04 Å². The average Bonchev–Trinajstić information content (AvgIpc) is 3.07. The molecule has 0 amide bonds. The quantitative estimate of drug-likeness (QED) is 0.628. The van der Waals surface area contributed by atoms with Gasteiger partial charge in [0, 0.05) is 22.6 Å². The summed E-state index contributed by atoms with van der Waals surface area (Å²) in [4.78, 5) is 16.2. The Balaban J connectivity index is 1.98. The van der Waals surface area contributed by atoms with Crippen molar-refractivity contribution in [2.75, 3.05) is 6.26 Å². The number of thioether (sulfide) groups is 1. The van der Waals surface area contributed by atoms with Gasteiger partial charge in [-0.3, -0.25) is 14.4 Å². The fourth-order valence-corrected chi connectivity index (χ4v) is 3.98. The van der Waals surface area contributed by atoms with Crippen LogP contribution in [0, 0.1) is 0 Å². The first-order valence-electron chi connectivity index (χ1n) is 8.73. The van der Waals surface area contributed by atoms with Gasteiger partial charge in [0.2, 0.25) is 0 Å². The molecule has 0 radical (unpaired) electrons. The number of aliphatic imine (C=N–C) groups is 1. The van der Waals surface area contributed by atoms with E-state index >= 15 is 0 Å². The van der Waals surface area contributed by atoms with E-state index in [2.05, 4.69) is 10.2 Å². The molecule has 0 bridgehead atoms. The molecule has 1 aromatic heterocycles. The fraction of sp³-hybridized carbons (Fsp3) is 0.200. The maximum absolute atomic E-state index is 11.2. The molecule has 8 heteroatoms. The molecule has 0 fully saturated rings. The molecule has 1 aliphatic heterocycles. The number of benzene rings is 2. The molecule has 1 N–H and O–H groups in total. The number of carboxylic acids is 1. The highest BCUT2D eigenvalue weighted by molar-refractivity contribution is 7.98. The number of carboxylic acid groups (broad SMARTS) is 1. The van der Waals surface area contributed by atoms with E-state index in [4.69, 9.17) is 16.6 Å². The lowest BCUT2D eigenvalue weighted by molar-refractivity contribution is -0.137. The highest BCUT2D eigenvalue weighted by atomic mass is 35.5. The van der Waals surface area contributed by atoms with Gasteiger partial charge in [-0.15, -0.1) is 10.2 Å². The van der Waals surface area contributed by atoms with Gasteiger partial charge in [-0.05, 0) is 30.9 Å². The monoisotopic (exact) mass is 412 g/mol. The van der Waals surface area contributed by atoms with Crippen LogP contribution in [0.25, 0.3) is 5.69 Å². The summed E-state index contributed by atoms with van der Waals surface area (Å²) < 4.78 is 1.96. The molecular weight excluding hydrogens is 396 g/mol. The lowest BCUT2D eigenvalue weighted by Crippen LogP contribution is -2.08. The Bertz CT molecular complexity index is 1070. The first-order chi connectivity index (χ1) is 13.6. The van der Waals surface area contributed by atoms with Gasteiger partial charge in [0.15, 0.2) is 11.0 Å². The van der Waals surface area contributed by atoms with Crippen molar-refractivity contribution < 1.29 is 9.90 Å². The first-order valence-corrected chi connectivity index (χ1v) is 10.3. The highest BCUT2D eigenvalue weighted by Gasteiger charge is 2.29. The Morgan fingerprint density at radius 3 is 2.71 bits per heavy atom. The Morgan fingerprint density at radius 2 is 2.00 bits per heavy atom. The molecule has 2 aromatic carbocycles. The van der Waals surface area contributed by atoms with Gasteiger partial charge < -0.3 is 5.11 Å². The van der Waals surface area contributed by atoms with E-state index in [9.17, 15) is 9.90 Å². The first kappa shape index (κ1) is 18.7. The second-order valence-corrected chi connectivity index (χ2v) is 7.54. The average molecular weight is 413 g/mol. The van der Waals surface area contributed by atoms with E-state index in [1.807, 2.05) is 59.4 Å². The predicted octanol–water partition coefficient (Wildman–Crippen LogP) is 4.40. The number of hydrogen-bond acceptors (Lipinski definition) is 5. The number of hydrogen-bond donors (Lipinski definition) is 1. The van der Waals surface area contributed by atoms with Gasteiger partial charge >= 0.3 is 5.97 Å². The minimum atomic E-state index is -0.863. The van der Waals surface area contributed by atoms with Crippen LogP contribution in [0.4, 0.5) is 0 Å². The van der Waals surface area contributed by atoms with Crippen molar-refractivity contribution in [3.8, 4) is 5.69 Å². The van der Waals surface area contributed by atoms with Gasteiger partial charge in [-0.25, -0.2) is 0 Å². The highest BCUT2D eigenvalue weighted by Crippen LogP contribution is 2.35. The van der Waals surface area contributed by atoms with Crippen LogP contribution in [0.3, 0.4) is 0 Å². The summed E-state index contributed by atoms with van der Waals surface area (Å²) in [5.41, 5.74) is 3.46. The molecule has 28 heavy (non-hydrogen) atoms. The van der Waals surface area contributed by atoms with Crippen LogP contribution in [0.5, 0.6) is 0 Å². The van der Waals surface area contributed by atoms with Crippen LogP contribution in [0.2, 0.25) is 5.02 Å². The topological polar surface area (TPSA) is 80.4 Å². The molecule has 0 aliphatic carbocycles. The molecule has 1 atom stereocenters. The second-order valence-electron chi connectivity index (χ2n) is 6.33. The van der Waals surface area contributed by atoms with Crippen molar-refractivity contribution in [3.05, 3.63) is 70.5 Å². The van der Waals surface area contributed by atoms with Gasteiger partial charge in [0.25, 0.3) is 0 Å². The molecule has 4 rings (SSSR count). The van der Waals surface area contributed by atoms with Crippen LogP contribution < -0.4 is 0 Å². The lowest BCUT2D eigenvalue weighted by Gasteiger charge is -2.13. The van der Waals surface area contributed by atoms with E-state index in [1.165, 1.54) is 11.8 Å². The van der Waals surface area contributed by atoms with Gasteiger partial charge in [-0.2, -0.15) is 0 Å². The Morgan fingerprint density at radius 1 is 1.21 bits per heavy atom. The molecule has 0 saturated heterocycles. The number of aliphatic carboxylic acids is 1. The van der Waals surface area contributed by atoms with Crippen molar-refractivity contribution in [3.63, 3.8) is 0 Å². The third kappa shape index (κ3) is 3.43. The number of aromatic nitrogens is 3. The lowest BCUT2D eigenvalue weighted by atomic mass is 10.0. The van der Waals surface area contributed by atoms with Crippen LogP contribution in [-0.4, -0.2) is 37.8 Å². The summed E-state index contributed by atoms with van der Waals surface area (Å²) in [5, 5.41) is 19.2. The normalized spacial score (nSPS) is 15.4. The van der Waals surface area contributed by atoms with Gasteiger partial charge in [-0.1, -0.05) is 53.7 Å². The number of halogens is 1. The summed E-state index contributed by atoms with van der Waals surface area (Å²) >= 11 is 7.80. The standard InChI is InChI=1S/C20H17ClN4O2S/c1-28-20-24-23-19-15(8-10-17(26)27)22-18(12-5-3-2-4-6-12)14-11-13(21)7-9-16(14)25(19)20/h2-7,9,11,15H,8,10H2,1H3,(H,26,27)/t15-/m0/s1. The zero-order valence-corrected chi connectivity index (χ0v) is 16.6. The molecular formula is C20H17ClN4O2S. The van der Waals surface area contributed by atoms with E-state index in [0.29, 0.717) is 17.3 Å². The molecule has 142 valence electrons. The summed E-state index contributed by atoms with van der Waals surface area (Å²) in [5.74, 6) is -0.225. The van der Waals surface area contributed by atoms with E-state index < -0.39 is 12.0 Å². The van der Waals surface area contributed by atoms with Crippen molar-refractivity contribution in [2.24, 2.45) is 4.99 Å². The van der Waals surface area contributed by atoms with Crippen molar-refractivity contribution in [1.82, 2.24) is 14.8 Å². The number of rotatable bonds is 5. The summed E-state index contributed by atoms with van der Waals surface area (Å²) in [6.07, 6.45) is 2.26. The van der Waals surface area contributed by atoms with Crippen LogP contribution >= 0.6 is 23.4 Å². The third-order valence-electron chi connectivity index (χ3n) is 4.56. The minimum Gasteiger partial charge on any atom is -0.481 e. The largest absolute Gasteiger partial charge is 0.481 e. The van der Waals surface area contributed by atoms with E-state index in [0.717, 1.165) is 27.7 Å². The van der Waals surface area contributed by atoms with Crippen LogP contribution in [-0.2, 0) is 4.79 Å². The van der Waals surface area contributed by atoms with E-state index in [1.54, 1.807) is 0 Å². The Hall–Kier alpha value is -2.64. The van der Waals surface area contributed by atoms with Gasteiger partial charge in [0.05, 0.1) is 11.4 Å². The maximum Gasteiger partial charge on any atom is 0.303 e. The SMILES string of the molecule is CSc1nnc2n1-c1ccc(Cl)cc1C(c1ccccc1)=N[C@H]2CCC(=O)O. The number of carbonyl (C=O) groups is 1. The zero-order chi connectivity index (χ0) is 19.7. The molecule has 0 spiro atoms. The van der Waals surface area contributed by atoms with E-state index in [-0.39, 0.29) is 6.42 Å². The number of nitrogens with zero attached hydrogens (tertiary/aromatic N) is 4. The molecule has 0 unspecified atom stereocenters. The molecule has 0 saturated carbocycles. The summed E-state index contributed by atoms with van der Waals surface area (Å²) in [6, 6.07) is 15.0. The van der Waals surface area contributed by atoms with Crippen LogP contribution in [0.15, 0.2) is 58.7 Å². The van der Waals surface area contributed by atoms with Crippen molar-refractivity contribution in [2.45, 2.75) is 24.0 Å². The minimum absolute atomic E-state index is 0.00516. The molecule has 1 aliphatic rings. The number of fused-ring (bicyclic) bond motifs is 3. The van der Waals surface area contributed by atoms with Crippen molar-refractivity contribution >= 4 is 35.0 Å². The van der Waals surface area contributed by atoms with Crippen LogP contribution in [0.1, 0.15) is 35.8 Å². The van der Waals surface area contributed by atoms with Crippen molar-refractivity contribution in [1.29, 1.82) is 0 Å². The smallest absolute Gasteiger partial charge is 0.303 e. The maximum atomic E-state index is 11.2. The molecule has 2 heterocycles. The predicted molar refractivity (Wildman–Crippen MR) is 110 cm³/mol. The summed E-state index contributed by atoms with van der Waals surface area (Å²) in [6.45, 7) is 0. The molecule has 3 aromatic rings. The fourth-order valence-electron chi connectivity index (χ4n) is 3.31. The Kier molecular flexibility index (Phi) is 5.19. The molecule has 6 nitrogen and oxygen atoms in total. The second kappa shape index (κ2) is 7.77. The summed E-state index contributed by atoms with van der Waals surface area (Å²) in [7, 11) is 0.